The zero-order valence-corrected chi connectivity index (χ0v) is 14.9. The predicted molar refractivity (Wildman–Crippen MR) is 98.3 cm³/mol. The van der Waals surface area contributed by atoms with E-state index in [4.69, 9.17) is 14.2 Å². The lowest BCUT2D eigenvalue weighted by molar-refractivity contribution is 0.0468. The van der Waals surface area contributed by atoms with Crippen molar-refractivity contribution in [3.8, 4) is 22.9 Å². The van der Waals surface area contributed by atoms with E-state index in [1.165, 1.54) is 19.2 Å². The first kappa shape index (κ1) is 18.4. The molecule has 6 heteroatoms. The van der Waals surface area contributed by atoms with E-state index in [2.05, 4.69) is 4.98 Å². The highest BCUT2D eigenvalue weighted by atomic mass is 19.1. The maximum Gasteiger partial charge on any atom is 0.343 e. The fraction of sp³-hybridized carbons (Fsp3) is 0.143. The van der Waals surface area contributed by atoms with Gasteiger partial charge in [-0.25, -0.2) is 14.2 Å². The Kier molecular flexibility index (Phi) is 5.66. The molecule has 0 saturated heterocycles. The van der Waals surface area contributed by atoms with Crippen LogP contribution in [0, 0.1) is 5.82 Å². The van der Waals surface area contributed by atoms with E-state index < -0.39 is 5.97 Å². The molecule has 0 unspecified atom stereocenters. The van der Waals surface area contributed by atoms with Crippen LogP contribution < -0.4 is 9.47 Å². The summed E-state index contributed by atoms with van der Waals surface area (Å²) < 4.78 is 28.6. The Bertz CT molecular complexity index is 924. The first-order valence-electron chi connectivity index (χ1n) is 8.21. The molecule has 0 amide bonds. The van der Waals surface area contributed by atoms with Crippen molar-refractivity contribution >= 4 is 5.97 Å². The number of nitrogens with zero attached hydrogens (tertiary/aromatic N) is 1. The number of methoxy groups -OCH3 is 2. The Balaban J connectivity index is 1.76. The first-order chi connectivity index (χ1) is 13.1. The lowest BCUT2D eigenvalue weighted by atomic mass is 10.1. The number of carbonyl (C=O) groups excluding carboxylic acids is 1. The van der Waals surface area contributed by atoms with E-state index >= 15 is 0 Å². The van der Waals surface area contributed by atoms with Crippen LogP contribution in [0.25, 0.3) is 11.3 Å². The van der Waals surface area contributed by atoms with Crippen molar-refractivity contribution in [1.29, 1.82) is 0 Å². The van der Waals surface area contributed by atoms with Gasteiger partial charge in [-0.15, -0.1) is 0 Å². The molecule has 138 valence electrons. The summed E-state index contributed by atoms with van der Waals surface area (Å²) in [5.74, 6) is 0.00847. The topological polar surface area (TPSA) is 57.7 Å². The number of halogens is 1. The number of hydrogen-bond donors (Lipinski definition) is 0. The van der Waals surface area contributed by atoms with Gasteiger partial charge in [-0.1, -0.05) is 12.1 Å². The van der Waals surface area contributed by atoms with Crippen molar-refractivity contribution in [3.63, 3.8) is 0 Å². The fourth-order valence-corrected chi connectivity index (χ4v) is 2.48. The summed E-state index contributed by atoms with van der Waals surface area (Å²) >= 11 is 0. The van der Waals surface area contributed by atoms with E-state index in [0.29, 0.717) is 11.3 Å². The molecular formula is C21H18FNO4. The van der Waals surface area contributed by atoms with E-state index in [9.17, 15) is 9.18 Å². The van der Waals surface area contributed by atoms with E-state index in [-0.39, 0.29) is 23.9 Å². The Labute approximate surface area is 156 Å². The lowest BCUT2D eigenvalue weighted by Crippen LogP contribution is -2.08. The Morgan fingerprint density at radius 1 is 0.926 bits per heavy atom. The third-order valence-electron chi connectivity index (χ3n) is 3.94. The molecule has 5 nitrogen and oxygen atoms in total. The molecule has 0 aliphatic carbocycles. The van der Waals surface area contributed by atoms with Gasteiger partial charge >= 0.3 is 5.97 Å². The van der Waals surface area contributed by atoms with Gasteiger partial charge in [0.2, 0.25) is 5.88 Å². The molecule has 0 saturated carbocycles. The number of ether oxygens (including phenoxy) is 3. The monoisotopic (exact) mass is 367 g/mol. The predicted octanol–water partition coefficient (Wildman–Crippen LogP) is 4.26. The smallest absolute Gasteiger partial charge is 0.343 e. The SMILES string of the molecule is COc1ccc(-c2ccc(C(=O)OCc3ccc(F)cc3)c(OC)n2)cc1. The first-order valence-corrected chi connectivity index (χ1v) is 8.21. The van der Waals surface area contributed by atoms with Crippen molar-refractivity contribution in [2.24, 2.45) is 0 Å². The van der Waals surface area contributed by atoms with Crippen LogP contribution >= 0.6 is 0 Å². The standard InChI is InChI=1S/C21H18FNO4/c1-25-17-9-5-15(6-10-17)19-12-11-18(20(23-19)26-2)21(24)27-13-14-3-7-16(22)8-4-14/h3-12H,13H2,1-2H3. The van der Waals surface area contributed by atoms with Gasteiger partial charge in [0.25, 0.3) is 0 Å². The number of hydrogen-bond acceptors (Lipinski definition) is 5. The zero-order chi connectivity index (χ0) is 19.2. The number of benzene rings is 2. The molecule has 27 heavy (non-hydrogen) atoms. The van der Waals surface area contributed by atoms with Gasteiger partial charge in [-0.05, 0) is 54.1 Å². The van der Waals surface area contributed by atoms with Crippen LogP contribution in [0.5, 0.6) is 11.6 Å². The highest BCUT2D eigenvalue weighted by Crippen LogP contribution is 2.25. The van der Waals surface area contributed by atoms with E-state index in [1.54, 1.807) is 31.4 Å². The van der Waals surface area contributed by atoms with E-state index in [1.807, 2.05) is 24.3 Å². The van der Waals surface area contributed by atoms with E-state index in [0.717, 1.165) is 11.3 Å². The number of rotatable bonds is 6. The second-order valence-electron chi connectivity index (χ2n) is 5.68. The van der Waals surface area contributed by atoms with Crippen molar-refractivity contribution in [3.05, 3.63) is 77.6 Å². The van der Waals surface area contributed by atoms with Crippen LogP contribution in [-0.4, -0.2) is 25.2 Å². The summed E-state index contributed by atoms with van der Waals surface area (Å²) in [6.07, 6.45) is 0. The molecule has 0 radical (unpaired) electrons. The molecule has 0 fully saturated rings. The average molecular weight is 367 g/mol. The average Bonchev–Trinajstić information content (AvgIpc) is 2.72. The quantitative estimate of drug-likeness (QED) is 0.609. The second kappa shape index (κ2) is 8.31. The molecule has 2 aromatic carbocycles. The molecule has 1 aromatic heterocycles. The minimum Gasteiger partial charge on any atom is -0.497 e. The van der Waals surface area contributed by atoms with Crippen LogP contribution in [0.15, 0.2) is 60.7 Å². The molecule has 0 N–H and O–H groups in total. The Morgan fingerprint density at radius 2 is 1.63 bits per heavy atom. The van der Waals surface area contributed by atoms with Gasteiger partial charge in [0.05, 0.1) is 19.9 Å². The minimum atomic E-state index is -0.565. The second-order valence-corrected chi connectivity index (χ2v) is 5.68. The van der Waals surface area contributed by atoms with Crippen molar-refractivity contribution in [1.82, 2.24) is 4.98 Å². The Hall–Kier alpha value is -3.41. The molecule has 1 heterocycles. The van der Waals surface area contributed by atoms with Gasteiger partial charge in [-0.2, -0.15) is 0 Å². The molecule has 0 bridgehead atoms. The Morgan fingerprint density at radius 3 is 2.26 bits per heavy atom. The van der Waals surface area contributed by atoms with Crippen LogP contribution in [-0.2, 0) is 11.3 Å². The maximum atomic E-state index is 12.9. The van der Waals surface area contributed by atoms with Gasteiger partial charge in [0.1, 0.15) is 23.7 Å². The van der Waals surface area contributed by atoms with Crippen molar-refractivity contribution in [2.75, 3.05) is 14.2 Å². The number of carbonyl (C=O) groups is 1. The fourth-order valence-electron chi connectivity index (χ4n) is 2.48. The van der Waals surface area contributed by atoms with Crippen LogP contribution in [0.2, 0.25) is 0 Å². The number of pyridine rings is 1. The van der Waals surface area contributed by atoms with Gasteiger partial charge < -0.3 is 14.2 Å². The summed E-state index contributed by atoms with van der Waals surface area (Å²) in [6.45, 7) is 0.0303. The van der Waals surface area contributed by atoms with Crippen LogP contribution in [0.1, 0.15) is 15.9 Å². The third-order valence-corrected chi connectivity index (χ3v) is 3.94. The van der Waals surface area contributed by atoms with Gasteiger partial charge in [0.15, 0.2) is 0 Å². The molecule has 0 aliphatic heterocycles. The van der Waals surface area contributed by atoms with Crippen LogP contribution in [0.3, 0.4) is 0 Å². The molecule has 3 aromatic rings. The van der Waals surface area contributed by atoms with Crippen molar-refractivity contribution < 1.29 is 23.4 Å². The molecule has 3 rings (SSSR count). The number of esters is 1. The maximum absolute atomic E-state index is 12.9. The molecular weight excluding hydrogens is 349 g/mol. The van der Waals surface area contributed by atoms with Crippen LogP contribution in [0.4, 0.5) is 4.39 Å². The largest absolute Gasteiger partial charge is 0.497 e. The normalized spacial score (nSPS) is 10.3. The van der Waals surface area contributed by atoms with Crippen molar-refractivity contribution in [2.45, 2.75) is 6.61 Å². The molecule has 0 aliphatic rings. The third kappa shape index (κ3) is 4.41. The molecule has 0 atom stereocenters. The minimum absolute atomic E-state index is 0.0303. The number of aromatic nitrogens is 1. The summed E-state index contributed by atoms with van der Waals surface area (Å²) in [5, 5.41) is 0. The van der Waals surface area contributed by atoms with Gasteiger partial charge in [-0.3, -0.25) is 0 Å². The molecule has 0 spiro atoms. The zero-order valence-electron chi connectivity index (χ0n) is 14.9. The summed E-state index contributed by atoms with van der Waals surface area (Å²) in [7, 11) is 3.04. The summed E-state index contributed by atoms with van der Waals surface area (Å²) in [5.41, 5.74) is 2.42. The van der Waals surface area contributed by atoms with Gasteiger partial charge in [0, 0.05) is 5.56 Å². The highest BCUT2D eigenvalue weighted by Gasteiger charge is 2.16. The summed E-state index contributed by atoms with van der Waals surface area (Å²) in [4.78, 5) is 16.8. The lowest BCUT2D eigenvalue weighted by Gasteiger charge is -2.10. The summed E-state index contributed by atoms with van der Waals surface area (Å²) in [6, 6.07) is 16.5. The highest BCUT2D eigenvalue weighted by molar-refractivity contribution is 5.92.